The predicted octanol–water partition coefficient (Wildman–Crippen LogP) is 4.28. The zero-order chi connectivity index (χ0) is 25.5. The van der Waals surface area contributed by atoms with Crippen molar-refractivity contribution in [3.8, 4) is 11.1 Å². The first-order valence-corrected chi connectivity index (χ1v) is 12.8. The maximum absolute atomic E-state index is 12.9. The highest BCUT2D eigenvalue weighted by molar-refractivity contribution is 5.99. The van der Waals surface area contributed by atoms with Crippen molar-refractivity contribution in [1.82, 2.24) is 15.2 Å². The number of carbonyl (C=O) groups excluding carboxylic acids is 1. The van der Waals surface area contributed by atoms with Gasteiger partial charge < -0.3 is 21.1 Å². The monoisotopic (exact) mass is 502 g/mol. The van der Waals surface area contributed by atoms with E-state index < -0.39 is 12.6 Å². The zero-order valence-corrected chi connectivity index (χ0v) is 20.2. The molecular formula is C27H33F3N4O2. The zero-order valence-electron chi connectivity index (χ0n) is 20.2. The fourth-order valence-corrected chi connectivity index (χ4v) is 6.17. The number of nitrogen functional groups attached to an aromatic ring is 1. The number of aliphatic hydroxyl groups excluding tert-OH is 1. The number of hydrogen-bond donors (Lipinski definition) is 3. The largest absolute Gasteiger partial charge is 0.393 e. The number of nitrogens with two attached hydrogens (primary N) is 1. The number of nitrogens with one attached hydrogen (secondary N) is 1. The highest BCUT2D eigenvalue weighted by Crippen LogP contribution is 2.53. The number of aromatic nitrogens is 1. The second-order valence-electron chi connectivity index (χ2n) is 10.7. The number of aliphatic hydroxyl groups is 1. The Balaban J connectivity index is 1.28. The summed E-state index contributed by atoms with van der Waals surface area (Å²) in [5, 5.41) is 12.7. The summed E-state index contributed by atoms with van der Waals surface area (Å²) in [5.41, 5.74) is 9.13. The summed E-state index contributed by atoms with van der Waals surface area (Å²) >= 11 is 0. The van der Waals surface area contributed by atoms with Crippen molar-refractivity contribution in [3.05, 3.63) is 47.7 Å². The van der Waals surface area contributed by atoms with Crippen LogP contribution in [0.15, 0.2) is 36.5 Å². The molecule has 1 amide bonds. The van der Waals surface area contributed by atoms with Crippen molar-refractivity contribution in [2.24, 2.45) is 5.92 Å². The number of carbonyl (C=O) groups is 1. The summed E-state index contributed by atoms with van der Waals surface area (Å²) in [7, 11) is 0. The van der Waals surface area contributed by atoms with Crippen LogP contribution in [0.2, 0.25) is 0 Å². The minimum atomic E-state index is -4.13. The number of hydrogen-bond acceptors (Lipinski definition) is 5. The van der Waals surface area contributed by atoms with E-state index in [9.17, 15) is 23.1 Å². The van der Waals surface area contributed by atoms with Crippen molar-refractivity contribution in [2.75, 3.05) is 25.4 Å². The molecule has 1 aliphatic heterocycles. The van der Waals surface area contributed by atoms with Crippen LogP contribution < -0.4 is 11.1 Å². The molecule has 1 saturated heterocycles. The maximum Gasteiger partial charge on any atom is 0.390 e. The average Bonchev–Trinajstić information content (AvgIpc) is 3.09. The summed E-state index contributed by atoms with van der Waals surface area (Å²) in [4.78, 5) is 19.1. The van der Waals surface area contributed by atoms with Crippen LogP contribution in [0.5, 0.6) is 0 Å². The van der Waals surface area contributed by atoms with Crippen molar-refractivity contribution >= 4 is 11.7 Å². The van der Waals surface area contributed by atoms with Gasteiger partial charge in [-0.1, -0.05) is 24.3 Å². The van der Waals surface area contributed by atoms with E-state index in [2.05, 4.69) is 22.4 Å². The molecule has 9 heteroatoms. The number of halogens is 3. The lowest BCUT2D eigenvalue weighted by Crippen LogP contribution is -2.43. The number of likely N-dealkylation sites (tertiary alicyclic amines) is 1. The molecule has 194 valence electrons. The van der Waals surface area contributed by atoms with Gasteiger partial charge >= 0.3 is 6.18 Å². The molecule has 3 fully saturated rings. The second kappa shape index (κ2) is 9.67. The van der Waals surface area contributed by atoms with Crippen molar-refractivity contribution in [3.63, 3.8) is 0 Å². The van der Waals surface area contributed by atoms with Crippen LogP contribution in [0.4, 0.5) is 19.0 Å². The van der Waals surface area contributed by atoms with Crippen LogP contribution in [0.1, 0.15) is 60.9 Å². The Morgan fingerprint density at radius 3 is 2.50 bits per heavy atom. The molecule has 3 aliphatic rings. The maximum atomic E-state index is 12.9. The Morgan fingerprint density at radius 2 is 1.86 bits per heavy atom. The van der Waals surface area contributed by atoms with E-state index in [-0.39, 0.29) is 35.8 Å². The molecule has 36 heavy (non-hydrogen) atoms. The van der Waals surface area contributed by atoms with Crippen LogP contribution in [0.3, 0.4) is 0 Å². The molecule has 0 unspecified atom stereocenters. The van der Waals surface area contributed by atoms with Gasteiger partial charge in [0, 0.05) is 42.9 Å². The van der Waals surface area contributed by atoms with E-state index >= 15 is 0 Å². The third kappa shape index (κ3) is 5.09. The lowest BCUT2D eigenvalue weighted by Gasteiger charge is -2.45. The molecular weight excluding hydrogens is 469 g/mol. The number of alkyl halides is 3. The minimum absolute atomic E-state index is 0.0139. The normalized spacial score (nSPS) is 28.4. The summed E-state index contributed by atoms with van der Waals surface area (Å²) in [5.74, 6) is 0.303. The summed E-state index contributed by atoms with van der Waals surface area (Å²) in [6, 6.07) is 9.89. The van der Waals surface area contributed by atoms with Crippen molar-refractivity contribution < 1.29 is 23.1 Å². The van der Waals surface area contributed by atoms with E-state index in [1.807, 2.05) is 17.0 Å². The average molecular weight is 503 g/mol. The molecule has 4 N–H and O–H groups in total. The molecule has 2 atom stereocenters. The number of fused-ring (bicyclic) bond motifs is 1. The van der Waals surface area contributed by atoms with Gasteiger partial charge in [-0.2, -0.15) is 13.2 Å². The Kier molecular flexibility index (Phi) is 6.72. The van der Waals surface area contributed by atoms with E-state index in [0.29, 0.717) is 30.9 Å². The topological polar surface area (TPSA) is 91.5 Å². The van der Waals surface area contributed by atoms with Crippen LogP contribution in [0, 0.1) is 5.92 Å². The van der Waals surface area contributed by atoms with E-state index in [4.69, 9.17) is 5.73 Å². The van der Waals surface area contributed by atoms with Gasteiger partial charge in [-0.15, -0.1) is 0 Å². The van der Waals surface area contributed by atoms with Gasteiger partial charge in [0.1, 0.15) is 5.82 Å². The highest BCUT2D eigenvalue weighted by Gasteiger charge is 2.53. The molecule has 2 aliphatic carbocycles. The Hall–Kier alpha value is -2.65. The van der Waals surface area contributed by atoms with Gasteiger partial charge in [0.2, 0.25) is 0 Å². The first-order valence-electron chi connectivity index (χ1n) is 12.8. The summed E-state index contributed by atoms with van der Waals surface area (Å²) in [6.45, 7) is 1.44. The molecule has 6 nitrogen and oxygen atoms in total. The number of benzene rings is 1. The Bertz CT molecular complexity index is 1100. The molecule has 2 saturated carbocycles. The van der Waals surface area contributed by atoms with Crippen molar-refractivity contribution in [1.29, 1.82) is 0 Å². The van der Waals surface area contributed by atoms with Crippen molar-refractivity contribution in [2.45, 2.75) is 68.7 Å². The second-order valence-corrected chi connectivity index (χ2v) is 10.7. The lowest BCUT2D eigenvalue weighted by molar-refractivity contribution is -0.137. The highest BCUT2D eigenvalue weighted by atomic mass is 19.4. The van der Waals surface area contributed by atoms with Gasteiger partial charge in [0.05, 0.1) is 18.1 Å². The van der Waals surface area contributed by atoms with E-state index in [1.165, 1.54) is 0 Å². The molecule has 0 radical (unpaired) electrons. The van der Waals surface area contributed by atoms with Crippen LogP contribution >= 0.6 is 0 Å². The van der Waals surface area contributed by atoms with Gasteiger partial charge in [-0.25, -0.2) is 4.98 Å². The Morgan fingerprint density at radius 1 is 1.14 bits per heavy atom. The fraction of sp³-hybridized carbons (Fsp3) is 0.556. The molecule has 0 spiro atoms. The molecule has 5 rings (SSSR count). The van der Waals surface area contributed by atoms with Crippen LogP contribution in [-0.2, 0) is 5.41 Å². The SMILES string of the molecule is Nc1ncc(-c2ccc([C@@]34CC[C@@H]3CN(CCC(F)(F)F)C4)cc2)cc1C(=O)NC1CCC(O)CC1. The molecule has 1 aromatic carbocycles. The Labute approximate surface area is 209 Å². The smallest absolute Gasteiger partial charge is 0.390 e. The van der Waals surface area contributed by atoms with Gasteiger partial charge in [0.15, 0.2) is 0 Å². The van der Waals surface area contributed by atoms with Crippen LogP contribution in [0.25, 0.3) is 11.1 Å². The quantitative estimate of drug-likeness (QED) is 0.549. The first-order chi connectivity index (χ1) is 17.1. The number of rotatable bonds is 6. The van der Waals surface area contributed by atoms with E-state index in [1.54, 1.807) is 12.3 Å². The first kappa shape index (κ1) is 25.0. The third-order valence-corrected chi connectivity index (χ3v) is 8.40. The third-order valence-electron chi connectivity index (χ3n) is 8.40. The number of amides is 1. The van der Waals surface area contributed by atoms with Gasteiger partial charge in [-0.05, 0) is 61.6 Å². The molecule has 1 aromatic heterocycles. The van der Waals surface area contributed by atoms with E-state index in [0.717, 1.165) is 48.9 Å². The lowest BCUT2D eigenvalue weighted by atomic mass is 9.58. The fourth-order valence-electron chi connectivity index (χ4n) is 6.17. The predicted molar refractivity (Wildman–Crippen MR) is 131 cm³/mol. The minimum Gasteiger partial charge on any atom is -0.393 e. The summed E-state index contributed by atoms with van der Waals surface area (Å²) in [6.07, 6.45) is 1.32. The molecule has 2 aromatic rings. The number of pyridine rings is 1. The molecule has 0 bridgehead atoms. The number of anilines is 1. The van der Waals surface area contributed by atoms with Crippen LogP contribution in [-0.4, -0.2) is 58.9 Å². The standard InChI is InChI=1S/C27H33F3N4O2/c28-27(29,30)11-12-34-15-20-9-10-26(20,16-34)19-3-1-17(2-4-19)18-13-23(24(31)32-14-18)25(36)33-21-5-7-22(35)8-6-21/h1-4,13-14,20-22,35H,5-12,15-16H2,(H2,31,32)(H,33,36)/t20-,21?,22?,26+/m1/s1. The van der Waals surface area contributed by atoms with Gasteiger partial charge in [-0.3, -0.25) is 4.79 Å². The summed E-state index contributed by atoms with van der Waals surface area (Å²) < 4.78 is 38.1. The molecule has 2 heterocycles. The number of nitrogens with zero attached hydrogens (tertiary/aromatic N) is 2. The van der Waals surface area contributed by atoms with Gasteiger partial charge in [0.25, 0.3) is 5.91 Å².